The van der Waals surface area contributed by atoms with Gasteiger partial charge in [-0.25, -0.2) is 8.98 Å². The van der Waals surface area contributed by atoms with E-state index >= 15 is 0 Å². The van der Waals surface area contributed by atoms with E-state index in [0.29, 0.717) is 5.56 Å². The van der Waals surface area contributed by atoms with E-state index in [4.69, 9.17) is 20.8 Å². The number of nitrogens with one attached hydrogen (secondary N) is 4. The average Bonchev–Trinajstić information content (AvgIpc) is 3.20. The topological polar surface area (TPSA) is 352 Å². The predicted molar refractivity (Wildman–Crippen MR) is 224 cm³/mol. The zero-order valence-corrected chi connectivity index (χ0v) is 36.9. The molecule has 1 aromatic rings. The number of carbonyl (C=O) groups is 7. The van der Waals surface area contributed by atoms with Crippen LogP contribution in [-0.2, 0) is 59.3 Å². The Morgan fingerprint density at radius 1 is 0.968 bits per heavy atom. The summed E-state index contributed by atoms with van der Waals surface area (Å²) in [7, 11) is -3.75. The van der Waals surface area contributed by atoms with E-state index in [-0.39, 0.29) is 56.9 Å². The van der Waals surface area contributed by atoms with Crippen molar-refractivity contribution >= 4 is 57.8 Å². The fourth-order valence-corrected chi connectivity index (χ4v) is 7.36. The number of fused-ring (bicyclic) bond motifs is 2. The first-order valence-corrected chi connectivity index (χ1v) is 21.9. The van der Waals surface area contributed by atoms with Gasteiger partial charge >= 0.3 is 16.4 Å². The standard InChI is InChI=1S/C39H61N9O14S/c1-20(2)17-27-37(56)47(6)26(18-23-11-8-7-9-12-23)33(52)45-30(21(3)4)38(57)62-22(5)31(46-34(53)28(49)19-61-63(58,59)60)35(54)43-24(13-10-16-42-39(40)41)32(51)44-25-14-15-29(50)48(27)36(25)55/h7-9,11-12,20-22,24-31,49-50H,10,13-19H2,1-6H3,(H,43,54)(H,44,51)(H,45,52)(H,46,53)(H4,40,41,42)(H,58,59,60). The van der Waals surface area contributed by atoms with Crippen molar-refractivity contribution in [1.29, 1.82) is 0 Å². The number of nitrogens with zero attached hydrogens (tertiary/aromatic N) is 3. The number of nitrogens with two attached hydrogens (primary N) is 2. The number of amides is 6. The molecule has 6 amide bonds. The molecule has 2 fully saturated rings. The van der Waals surface area contributed by atoms with Gasteiger partial charge in [0.05, 0.1) is 0 Å². The van der Waals surface area contributed by atoms with Gasteiger partial charge in [0.25, 0.3) is 5.91 Å². The van der Waals surface area contributed by atoms with E-state index in [1.807, 2.05) is 0 Å². The minimum atomic E-state index is -5.11. The molecular formula is C39H61N9O14S. The van der Waals surface area contributed by atoms with Gasteiger partial charge in [-0.05, 0) is 56.4 Å². The van der Waals surface area contributed by atoms with Crippen molar-refractivity contribution in [2.24, 2.45) is 28.3 Å². The number of hydrogen-bond acceptors (Lipinski definition) is 14. The Morgan fingerprint density at radius 2 is 1.62 bits per heavy atom. The largest absolute Gasteiger partial charge is 0.458 e. The second-order valence-corrected chi connectivity index (χ2v) is 17.4. The third-order valence-corrected chi connectivity index (χ3v) is 10.9. The number of aliphatic hydroxyl groups excluding tert-OH is 2. The van der Waals surface area contributed by atoms with Crippen LogP contribution in [0.4, 0.5) is 0 Å². The highest BCUT2D eigenvalue weighted by Crippen LogP contribution is 2.26. The normalized spacial score (nSPS) is 26.4. The second kappa shape index (κ2) is 23.3. The van der Waals surface area contributed by atoms with Crippen LogP contribution in [0.25, 0.3) is 0 Å². The second-order valence-electron chi connectivity index (χ2n) is 16.3. The third-order valence-electron chi connectivity index (χ3n) is 10.4. The van der Waals surface area contributed by atoms with Gasteiger partial charge in [0.2, 0.25) is 29.5 Å². The Labute approximate surface area is 366 Å². The minimum absolute atomic E-state index is 0.0153. The minimum Gasteiger partial charge on any atom is -0.458 e. The van der Waals surface area contributed by atoms with E-state index in [9.17, 15) is 52.2 Å². The van der Waals surface area contributed by atoms with Crippen LogP contribution in [0, 0.1) is 11.8 Å². The van der Waals surface area contributed by atoms with Crippen molar-refractivity contribution in [3.05, 3.63) is 35.9 Å². The summed E-state index contributed by atoms with van der Waals surface area (Å²) in [6, 6.07) is -0.160. The molecule has 0 aromatic heterocycles. The van der Waals surface area contributed by atoms with Crippen LogP contribution in [0.5, 0.6) is 0 Å². The predicted octanol–water partition coefficient (Wildman–Crippen LogP) is -2.81. The molecular weight excluding hydrogens is 851 g/mol. The Balaban J connectivity index is 2.21. The Hall–Kier alpha value is -5.43. The maximum absolute atomic E-state index is 14.7. The molecule has 2 bridgehead atoms. The molecule has 2 aliphatic rings. The summed E-state index contributed by atoms with van der Waals surface area (Å²) >= 11 is 0. The smallest absolute Gasteiger partial charge is 0.397 e. The zero-order valence-electron chi connectivity index (χ0n) is 36.1. The number of likely N-dealkylation sites (N-methyl/N-ethyl adjacent to an activating group) is 1. The fraction of sp³-hybridized carbons (Fsp3) is 0.641. The summed E-state index contributed by atoms with van der Waals surface area (Å²) in [6.45, 7) is 6.64. The summed E-state index contributed by atoms with van der Waals surface area (Å²) < 4.78 is 40.9. The Bertz CT molecular complexity index is 1930. The van der Waals surface area contributed by atoms with Crippen LogP contribution in [-0.4, -0.2) is 155 Å². The highest BCUT2D eigenvalue weighted by Gasteiger charge is 2.46. The summed E-state index contributed by atoms with van der Waals surface area (Å²) in [5.74, 6) is -8.11. The van der Waals surface area contributed by atoms with Crippen molar-refractivity contribution in [1.82, 2.24) is 31.1 Å². The number of cyclic esters (lactones) is 1. The molecule has 2 saturated heterocycles. The number of aliphatic imine (C=N–C) groups is 1. The van der Waals surface area contributed by atoms with Gasteiger partial charge in [-0.1, -0.05) is 58.0 Å². The fourth-order valence-electron chi connectivity index (χ4n) is 7.06. The molecule has 3 rings (SSSR count). The molecule has 2 heterocycles. The quantitative estimate of drug-likeness (QED) is 0.0299. The molecule has 24 heteroatoms. The number of hydrogen-bond donors (Lipinski definition) is 9. The van der Waals surface area contributed by atoms with Crippen LogP contribution in [0.15, 0.2) is 35.3 Å². The molecule has 1 aromatic carbocycles. The molecule has 63 heavy (non-hydrogen) atoms. The Kier molecular flexibility index (Phi) is 19.2. The Morgan fingerprint density at radius 3 is 2.21 bits per heavy atom. The van der Waals surface area contributed by atoms with Crippen LogP contribution in [0.2, 0.25) is 0 Å². The maximum Gasteiger partial charge on any atom is 0.397 e. The molecule has 11 N–H and O–H groups in total. The lowest BCUT2D eigenvalue weighted by molar-refractivity contribution is -0.166. The number of benzene rings is 1. The number of esters is 1. The molecule has 9 atom stereocenters. The van der Waals surface area contributed by atoms with Gasteiger partial charge in [-0.15, -0.1) is 0 Å². The average molecular weight is 912 g/mol. The van der Waals surface area contributed by atoms with Crippen molar-refractivity contribution < 1.29 is 65.7 Å². The molecule has 0 saturated carbocycles. The molecule has 2 aliphatic heterocycles. The van der Waals surface area contributed by atoms with E-state index in [1.165, 1.54) is 14.0 Å². The lowest BCUT2D eigenvalue weighted by Crippen LogP contribution is -2.65. The van der Waals surface area contributed by atoms with E-state index < -0.39 is 119 Å². The number of piperidine rings is 1. The van der Waals surface area contributed by atoms with Gasteiger partial charge in [-0.3, -0.25) is 38.3 Å². The molecule has 0 radical (unpaired) electrons. The molecule has 0 spiro atoms. The van der Waals surface area contributed by atoms with Crippen LogP contribution in [0.1, 0.15) is 72.3 Å². The summed E-state index contributed by atoms with van der Waals surface area (Å²) in [4.78, 5) is 105. The summed E-state index contributed by atoms with van der Waals surface area (Å²) in [5, 5.41) is 31.5. The SMILES string of the molecule is CC(C)CC1C(=O)N(C)C(Cc2ccccc2)C(=O)NC(C(C)C)C(=O)OC(C)C(NC(=O)C(O)COS(=O)(=O)O)C(=O)NC(CCCN=C(N)N)C(=O)NC2CCC(O)N1C2=O. The summed E-state index contributed by atoms with van der Waals surface area (Å²) in [5.41, 5.74) is 11.5. The monoisotopic (exact) mass is 911 g/mol. The number of carbonyl (C=O) groups excluding carboxylic acids is 7. The van der Waals surface area contributed by atoms with Gasteiger partial charge in [0, 0.05) is 20.0 Å². The number of guanidine groups is 1. The number of aliphatic hydroxyl groups is 2. The molecule has 23 nitrogen and oxygen atoms in total. The van der Waals surface area contributed by atoms with E-state index in [0.717, 1.165) is 9.80 Å². The summed E-state index contributed by atoms with van der Waals surface area (Å²) in [6.07, 6.45) is -5.70. The van der Waals surface area contributed by atoms with Gasteiger partial charge < -0.3 is 57.5 Å². The van der Waals surface area contributed by atoms with Gasteiger partial charge in [0.1, 0.15) is 55.2 Å². The zero-order chi connectivity index (χ0) is 47.3. The van der Waals surface area contributed by atoms with Crippen molar-refractivity contribution in [3.63, 3.8) is 0 Å². The third kappa shape index (κ3) is 15.4. The molecule has 352 valence electrons. The highest BCUT2D eigenvalue weighted by molar-refractivity contribution is 7.80. The number of ether oxygens (including phenoxy) is 1. The first-order valence-electron chi connectivity index (χ1n) is 20.5. The van der Waals surface area contributed by atoms with Crippen LogP contribution in [0.3, 0.4) is 0 Å². The lowest BCUT2D eigenvalue weighted by atomic mass is 9.94. The van der Waals surface area contributed by atoms with Crippen LogP contribution < -0.4 is 32.7 Å². The van der Waals surface area contributed by atoms with Gasteiger partial charge in [-0.2, -0.15) is 8.42 Å². The highest BCUT2D eigenvalue weighted by atomic mass is 32.3. The van der Waals surface area contributed by atoms with Crippen molar-refractivity contribution in [2.45, 2.75) is 128 Å². The first-order chi connectivity index (χ1) is 29.4. The lowest BCUT2D eigenvalue weighted by Gasteiger charge is -2.43. The molecule has 0 aliphatic carbocycles. The van der Waals surface area contributed by atoms with E-state index in [1.54, 1.807) is 58.0 Å². The van der Waals surface area contributed by atoms with Crippen molar-refractivity contribution in [2.75, 3.05) is 20.2 Å². The van der Waals surface area contributed by atoms with E-state index in [2.05, 4.69) is 30.4 Å². The van der Waals surface area contributed by atoms with Gasteiger partial charge in [0.15, 0.2) is 12.1 Å². The number of rotatable bonds is 14. The van der Waals surface area contributed by atoms with Crippen molar-refractivity contribution in [3.8, 4) is 0 Å². The molecule has 9 unspecified atom stereocenters. The first kappa shape index (κ1) is 51.9. The maximum atomic E-state index is 14.7. The van der Waals surface area contributed by atoms with Crippen LogP contribution >= 0.6 is 0 Å².